The first kappa shape index (κ1) is 16.7. The fourth-order valence-corrected chi connectivity index (χ4v) is 3.08. The topological polar surface area (TPSA) is 75.3 Å². The predicted molar refractivity (Wildman–Crippen MR) is 81.8 cm³/mol. The Labute approximate surface area is 130 Å². The molecule has 0 aliphatic heterocycles. The minimum Gasteiger partial charge on any atom is -0.338 e. The maximum atomic E-state index is 13.8. The molecule has 0 radical (unpaired) electrons. The standard InChI is InChI=1S/C15H21FN2O3S/c1-10(18-15(19)17-9-11-4-3-5-11)12-6-7-14(13(16)8-12)22(2,20)21/h6-8,10-11H,3-5,9H2,1-2H3,(H2,17,18,19)/t10-/m0/s1. The van der Waals surface area contributed by atoms with Gasteiger partial charge in [-0.25, -0.2) is 17.6 Å². The summed E-state index contributed by atoms with van der Waals surface area (Å²) in [6.07, 6.45) is 4.47. The quantitative estimate of drug-likeness (QED) is 0.871. The van der Waals surface area contributed by atoms with Crippen molar-refractivity contribution in [1.82, 2.24) is 10.6 Å². The van der Waals surface area contributed by atoms with Crippen LogP contribution >= 0.6 is 0 Å². The monoisotopic (exact) mass is 328 g/mol. The summed E-state index contributed by atoms with van der Waals surface area (Å²) >= 11 is 0. The first-order chi connectivity index (χ1) is 10.3. The molecule has 1 aromatic carbocycles. The number of amides is 2. The molecule has 0 heterocycles. The Kier molecular flexibility index (Phi) is 5.05. The van der Waals surface area contributed by atoms with Crippen molar-refractivity contribution >= 4 is 15.9 Å². The normalized spacial score (nSPS) is 16.7. The van der Waals surface area contributed by atoms with Crippen molar-refractivity contribution in [2.24, 2.45) is 5.92 Å². The minimum atomic E-state index is -3.59. The molecule has 2 rings (SSSR count). The van der Waals surface area contributed by atoms with Gasteiger partial charge >= 0.3 is 6.03 Å². The molecule has 1 saturated carbocycles. The van der Waals surface area contributed by atoms with Crippen molar-refractivity contribution in [2.45, 2.75) is 37.1 Å². The minimum absolute atomic E-state index is 0.299. The van der Waals surface area contributed by atoms with E-state index in [9.17, 15) is 17.6 Å². The van der Waals surface area contributed by atoms with Gasteiger partial charge in [-0.1, -0.05) is 12.5 Å². The zero-order valence-corrected chi connectivity index (χ0v) is 13.5. The maximum Gasteiger partial charge on any atom is 0.315 e. The lowest BCUT2D eigenvalue weighted by Gasteiger charge is -2.25. The van der Waals surface area contributed by atoms with Crippen molar-refractivity contribution in [3.8, 4) is 0 Å². The van der Waals surface area contributed by atoms with Crippen molar-refractivity contribution in [3.63, 3.8) is 0 Å². The maximum absolute atomic E-state index is 13.8. The summed E-state index contributed by atoms with van der Waals surface area (Å²) in [6, 6.07) is 3.17. The van der Waals surface area contributed by atoms with Crippen LogP contribution in [-0.2, 0) is 9.84 Å². The molecule has 5 nitrogen and oxygen atoms in total. The van der Waals surface area contributed by atoms with E-state index in [0.717, 1.165) is 25.2 Å². The average Bonchev–Trinajstić information content (AvgIpc) is 2.35. The Morgan fingerprint density at radius 3 is 2.59 bits per heavy atom. The molecular weight excluding hydrogens is 307 g/mol. The van der Waals surface area contributed by atoms with E-state index in [2.05, 4.69) is 10.6 Å². The SMILES string of the molecule is C[C@H](NC(=O)NCC1CCC1)c1ccc(S(C)(=O)=O)c(F)c1. The van der Waals surface area contributed by atoms with Crippen molar-refractivity contribution < 1.29 is 17.6 Å². The Balaban J connectivity index is 1.95. The van der Waals surface area contributed by atoms with Crippen LogP contribution in [0.3, 0.4) is 0 Å². The zero-order chi connectivity index (χ0) is 16.3. The molecule has 1 aromatic rings. The number of sulfone groups is 1. The molecular formula is C15H21FN2O3S. The van der Waals surface area contributed by atoms with Crippen LogP contribution in [0.4, 0.5) is 9.18 Å². The highest BCUT2D eigenvalue weighted by molar-refractivity contribution is 7.90. The van der Waals surface area contributed by atoms with E-state index in [0.29, 0.717) is 18.0 Å². The smallest absolute Gasteiger partial charge is 0.315 e. The Morgan fingerprint density at radius 2 is 2.09 bits per heavy atom. The molecule has 1 fully saturated rings. The van der Waals surface area contributed by atoms with Gasteiger partial charge in [-0.2, -0.15) is 0 Å². The lowest BCUT2D eigenvalue weighted by molar-refractivity contribution is 0.229. The fraction of sp³-hybridized carbons (Fsp3) is 0.533. The molecule has 2 N–H and O–H groups in total. The van der Waals surface area contributed by atoms with Gasteiger partial charge in [-0.3, -0.25) is 0 Å². The summed E-state index contributed by atoms with van der Waals surface area (Å²) in [7, 11) is -3.59. The number of hydrogen-bond donors (Lipinski definition) is 2. The van der Waals surface area contributed by atoms with E-state index in [1.165, 1.54) is 18.6 Å². The lowest BCUT2D eigenvalue weighted by atomic mass is 9.85. The van der Waals surface area contributed by atoms with Crippen LogP contribution in [0.5, 0.6) is 0 Å². The Morgan fingerprint density at radius 1 is 1.41 bits per heavy atom. The first-order valence-electron chi connectivity index (χ1n) is 7.31. The second kappa shape index (κ2) is 6.64. The van der Waals surface area contributed by atoms with Gasteiger partial charge in [-0.05, 0) is 43.4 Å². The summed E-state index contributed by atoms with van der Waals surface area (Å²) in [6.45, 7) is 2.37. The number of halogens is 1. The molecule has 122 valence electrons. The number of nitrogens with one attached hydrogen (secondary N) is 2. The molecule has 1 atom stereocenters. The van der Waals surface area contributed by atoms with Crippen LogP contribution in [0.25, 0.3) is 0 Å². The summed E-state index contributed by atoms with van der Waals surface area (Å²) in [5.74, 6) is -0.240. The molecule has 2 amide bonds. The van der Waals surface area contributed by atoms with Crippen LogP contribution in [0.2, 0.25) is 0 Å². The van der Waals surface area contributed by atoms with Crippen LogP contribution in [0.1, 0.15) is 37.8 Å². The predicted octanol–water partition coefficient (Wildman–Crippen LogP) is 2.39. The van der Waals surface area contributed by atoms with Gasteiger partial charge in [0.1, 0.15) is 10.7 Å². The third-order valence-electron chi connectivity index (χ3n) is 3.98. The summed E-state index contributed by atoms with van der Waals surface area (Å²) in [5, 5.41) is 5.51. The number of urea groups is 1. The number of hydrogen-bond acceptors (Lipinski definition) is 3. The van der Waals surface area contributed by atoms with Crippen LogP contribution in [0.15, 0.2) is 23.1 Å². The largest absolute Gasteiger partial charge is 0.338 e. The number of benzene rings is 1. The first-order valence-corrected chi connectivity index (χ1v) is 9.20. The van der Waals surface area contributed by atoms with E-state index in [4.69, 9.17) is 0 Å². The van der Waals surface area contributed by atoms with E-state index < -0.39 is 21.7 Å². The molecule has 0 saturated heterocycles. The van der Waals surface area contributed by atoms with E-state index in [1.54, 1.807) is 6.92 Å². The van der Waals surface area contributed by atoms with Gasteiger partial charge in [0, 0.05) is 12.8 Å². The molecule has 22 heavy (non-hydrogen) atoms. The summed E-state index contributed by atoms with van der Waals surface area (Å²) in [4.78, 5) is 11.4. The molecule has 1 aliphatic carbocycles. The number of rotatable bonds is 5. The van der Waals surface area contributed by atoms with Crippen molar-refractivity contribution in [2.75, 3.05) is 12.8 Å². The van der Waals surface area contributed by atoms with Gasteiger partial charge in [-0.15, -0.1) is 0 Å². The Hall–Kier alpha value is -1.63. The van der Waals surface area contributed by atoms with Gasteiger partial charge in [0.15, 0.2) is 9.84 Å². The molecule has 0 aromatic heterocycles. The molecule has 1 aliphatic rings. The van der Waals surface area contributed by atoms with Crippen LogP contribution < -0.4 is 10.6 Å². The second-order valence-electron chi connectivity index (χ2n) is 5.84. The molecule has 0 bridgehead atoms. The van der Waals surface area contributed by atoms with E-state index >= 15 is 0 Å². The second-order valence-corrected chi connectivity index (χ2v) is 7.82. The highest BCUT2D eigenvalue weighted by Gasteiger charge is 2.19. The van der Waals surface area contributed by atoms with Gasteiger partial charge in [0.2, 0.25) is 0 Å². The lowest BCUT2D eigenvalue weighted by Crippen LogP contribution is -2.40. The zero-order valence-electron chi connectivity index (χ0n) is 12.7. The fourth-order valence-electron chi connectivity index (χ4n) is 2.35. The molecule has 0 spiro atoms. The van der Waals surface area contributed by atoms with Gasteiger partial charge < -0.3 is 10.6 Å². The average molecular weight is 328 g/mol. The summed E-state index contributed by atoms with van der Waals surface area (Å²) in [5.41, 5.74) is 0.517. The number of carbonyl (C=O) groups is 1. The van der Waals surface area contributed by atoms with Gasteiger partial charge in [0.05, 0.1) is 6.04 Å². The third-order valence-corrected chi connectivity index (χ3v) is 5.11. The third kappa shape index (κ3) is 4.19. The number of carbonyl (C=O) groups excluding carboxylic acids is 1. The highest BCUT2D eigenvalue weighted by Crippen LogP contribution is 2.25. The highest BCUT2D eigenvalue weighted by atomic mass is 32.2. The van der Waals surface area contributed by atoms with Crippen LogP contribution in [-0.4, -0.2) is 27.2 Å². The molecule has 7 heteroatoms. The van der Waals surface area contributed by atoms with Crippen LogP contribution in [0, 0.1) is 11.7 Å². The van der Waals surface area contributed by atoms with Crippen molar-refractivity contribution in [3.05, 3.63) is 29.6 Å². The van der Waals surface area contributed by atoms with E-state index in [-0.39, 0.29) is 10.9 Å². The summed E-state index contributed by atoms with van der Waals surface area (Å²) < 4.78 is 36.6. The van der Waals surface area contributed by atoms with Crippen molar-refractivity contribution in [1.29, 1.82) is 0 Å². The van der Waals surface area contributed by atoms with Gasteiger partial charge in [0.25, 0.3) is 0 Å². The van der Waals surface area contributed by atoms with E-state index in [1.807, 2.05) is 0 Å². The molecule has 0 unspecified atom stereocenters. The Bertz CT molecular complexity index is 657.